The van der Waals surface area contributed by atoms with Crippen molar-refractivity contribution in [1.82, 2.24) is 10.2 Å². The number of nitrogens with one attached hydrogen (secondary N) is 1. The van der Waals surface area contributed by atoms with Gasteiger partial charge in [-0.2, -0.15) is 0 Å². The number of amides is 2. The summed E-state index contributed by atoms with van der Waals surface area (Å²) < 4.78 is 13.3. The van der Waals surface area contributed by atoms with E-state index >= 15 is 0 Å². The molecule has 0 aromatic heterocycles. The van der Waals surface area contributed by atoms with Crippen LogP contribution in [0.3, 0.4) is 0 Å². The Labute approximate surface area is 180 Å². The van der Waals surface area contributed by atoms with Gasteiger partial charge in [-0.15, -0.1) is 0 Å². The second-order valence-corrected chi connectivity index (χ2v) is 7.88. The van der Waals surface area contributed by atoms with Gasteiger partial charge in [-0.05, 0) is 37.5 Å². The molecule has 3 rings (SSSR count). The summed E-state index contributed by atoms with van der Waals surface area (Å²) in [5.74, 6) is -1.06. The molecule has 1 saturated carbocycles. The number of carbonyl (C=O) groups is 2. The van der Waals surface area contributed by atoms with Gasteiger partial charge in [0.25, 0.3) is 5.69 Å². The molecule has 2 aromatic carbocycles. The number of nitro groups is 1. The highest BCUT2D eigenvalue weighted by Gasteiger charge is 2.29. The topological polar surface area (TPSA) is 92.6 Å². The average Bonchev–Trinajstić information content (AvgIpc) is 3.26. The Morgan fingerprint density at radius 2 is 1.81 bits per heavy atom. The van der Waals surface area contributed by atoms with Gasteiger partial charge < -0.3 is 10.2 Å². The third kappa shape index (κ3) is 5.87. The summed E-state index contributed by atoms with van der Waals surface area (Å²) in [5, 5.41) is 14.3. The quantitative estimate of drug-likeness (QED) is 0.513. The number of halogens is 1. The zero-order valence-electron chi connectivity index (χ0n) is 17.4. The molecule has 31 heavy (non-hydrogen) atoms. The van der Waals surface area contributed by atoms with E-state index in [-0.39, 0.29) is 36.2 Å². The molecule has 0 aliphatic heterocycles. The van der Waals surface area contributed by atoms with Gasteiger partial charge in [0.15, 0.2) is 0 Å². The number of rotatable bonds is 8. The predicted octanol–water partition coefficient (Wildman–Crippen LogP) is 3.75. The monoisotopic (exact) mass is 427 g/mol. The number of nitrogens with zero attached hydrogens (tertiary/aromatic N) is 2. The molecule has 0 saturated heterocycles. The summed E-state index contributed by atoms with van der Waals surface area (Å²) in [6.07, 6.45) is 3.75. The number of carbonyl (C=O) groups excluding carboxylic acids is 2. The van der Waals surface area contributed by atoms with Crippen molar-refractivity contribution in [3.8, 4) is 0 Å². The summed E-state index contributed by atoms with van der Waals surface area (Å²) in [7, 11) is 0. The Balaban J connectivity index is 1.81. The van der Waals surface area contributed by atoms with Gasteiger partial charge in [0, 0.05) is 24.2 Å². The van der Waals surface area contributed by atoms with E-state index in [9.17, 15) is 24.1 Å². The van der Waals surface area contributed by atoms with Gasteiger partial charge in [0.1, 0.15) is 11.9 Å². The van der Waals surface area contributed by atoms with E-state index in [1.54, 1.807) is 31.2 Å². The first-order chi connectivity index (χ1) is 14.8. The van der Waals surface area contributed by atoms with E-state index in [1.165, 1.54) is 29.2 Å². The molecule has 0 radical (unpaired) electrons. The van der Waals surface area contributed by atoms with E-state index in [1.807, 2.05) is 0 Å². The molecule has 2 aromatic rings. The number of benzene rings is 2. The fraction of sp³-hybridized carbons (Fsp3) is 0.391. The second kappa shape index (κ2) is 10.1. The molecule has 8 heteroatoms. The van der Waals surface area contributed by atoms with E-state index < -0.39 is 22.7 Å². The minimum atomic E-state index is -0.777. The van der Waals surface area contributed by atoms with Crippen molar-refractivity contribution in [2.75, 3.05) is 0 Å². The lowest BCUT2D eigenvalue weighted by Gasteiger charge is -2.30. The maximum absolute atomic E-state index is 13.3. The van der Waals surface area contributed by atoms with E-state index in [2.05, 4.69) is 5.32 Å². The Morgan fingerprint density at radius 3 is 2.45 bits per heavy atom. The van der Waals surface area contributed by atoms with Gasteiger partial charge in [-0.1, -0.05) is 43.2 Å². The first-order valence-electron chi connectivity index (χ1n) is 10.4. The third-order valence-electron chi connectivity index (χ3n) is 5.67. The molecule has 1 N–H and O–H groups in total. The van der Waals surface area contributed by atoms with E-state index in [0.717, 1.165) is 25.7 Å². The van der Waals surface area contributed by atoms with Gasteiger partial charge >= 0.3 is 0 Å². The summed E-state index contributed by atoms with van der Waals surface area (Å²) in [6, 6.07) is 11.1. The fourth-order valence-electron chi connectivity index (χ4n) is 3.86. The van der Waals surface area contributed by atoms with Crippen LogP contribution in [-0.4, -0.2) is 33.7 Å². The van der Waals surface area contributed by atoms with Crippen molar-refractivity contribution in [1.29, 1.82) is 0 Å². The second-order valence-electron chi connectivity index (χ2n) is 7.88. The average molecular weight is 427 g/mol. The lowest BCUT2D eigenvalue weighted by Crippen LogP contribution is -2.50. The largest absolute Gasteiger partial charge is 0.352 e. The van der Waals surface area contributed by atoms with Crippen LogP contribution in [0.1, 0.15) is 43.7 Å². The first-order valence-corrected chi connectivity index (χ1v) is 10.4. The van der Waals surface area contributed by atoms with Crippen molar-refractivity contribution >= 4 is 17.5 Å². The Morgan fingerprint density at radius 1 is 1.16 bits per heavy atom. The van der Waals surface area contributed by atoms with Crippen molar-refractivity contribution < 1.29 is 18.9 Å². The first kappa shape index (κ1) is 22.4. The third-order valence-corrected chi connectivity index (χ3v) is 5.67. The van der Waals surface area contributed by atoms with E-state index in [4.69, 9.17) is 0 Å². The zero-order valence-corrected chi connectivity index (χ0v) is 17.4. The molecule has 2 amide bonds. The highest BCUT2D eigenvalue weighted by Crippen LogP contribution is 2.21. The van der Waals surface area contributed by atoms with Crippen LogP contribution in [0.5, 0.6) is 0 Å². The normalized spacial score (nSPS) is 14.8. The molecule has 0 spiro atoms. The highest BCUT2D eigenvalue weighted by atomic mass is 19.1. The van der Waals surface area contributed by atoms with Crippen LogP contribution in [0.4, 0.5) is 10.1 Å². The molecule has 0 bridgehead atoms. The standard InChI is InChI=1S/C23H26FN3O4/c1-16(23(29)25-20-7-3-4-8-20)26(15-17-10-12-19(24)13-11-17)22(28)14-18-6-2-5-9-21(18)27(30)31/h2,5-6,9-13,16,20H,3-4,7-8,14-15H2,1H3,(H,25,29). The van der Waals surface area contributed by atoms with Crippen LogP contribution in [0.2, 0.25) is 0 Å². The van der Waals surface area contributed by atoms with Gasteiger partial charge in [-0.25, -0.2) is 4.39 Å². The summed E-state index contributed by atoms with van der Waals surface area (Å²) in [5.41, 5.74) is 0.809. The SMILES string of the molecule is CC(C(=O)NC1CCCC1)N(Cc1ccc(F)cc1)C(=O)Cc1ccccc1[N+](=O)[O-]. The minimum absolute atomic E-state index is 0.0962. The van der Waals surface area contributed by atoms with Crippen LogP contribution < -0.4 is 5.32 Å². The number of para-hydroxylation sites is 1. The minimum Gasteiger partial charge on any atom is -0.352 e. The van der Waals surface area contributed by atoms with Crippen molar-refractivity contribution in [2.24, 2.45) is 0 Å². The number of hydrogen-bond acceptors (Lipinski definition) is 4. The number of hydrogen-bond donors (Lipinski definition) is 1. The smallest absolute Gasteiger partial charge is 0.273 e. The lowest BCUT2D eigenvalue weighted by molar-refractivity contribution is -0.385. The molecule has 0 heterocycles. The molecule has 1 unspecified atom stereocenters. The molecular weight excluding hydrogens is 401 g/mol. The Bertz CT molecular complexity index is 942. The van der Waals surface area contributed by atoms with Crippen LogP contribution in [0, 0.1) is 15.9 Å². The van der Waals surface area contributed by atoms with Crippen LogP contribution >= 0.6 is 0 Å². The summed E-state index contributed by atoms with van der Waals surface area (Å²) in [6.45, 7) is 1.74. The molecule has 1 atom stereocenters. The van der Waals surface area contributed by atoms with Crippen LogP contribution in [-0.2, 0) is 22.6 Å². The highest BCUT2D eigenvalue weighted by molar-refractivity contribution is 5.88. The van der Waals surface area contributed by atoms with Crippen LogP contribution in [0.25, 0.3) is 0 Å². The van der Waals surface area contributed by atoms with Gasteiger partial charge in [-0.3, -0.25) is 19.7 Å². The van der Waals surface area contributed by atoms with Crippen molar-refractivity contribution in [3.63, 3.8) is 0 Å². The molecule has 1 aliphatic carbocycles. The van der Waals surface area contributed by atoms with Gasteiger partial charge in [0.2, 0.25) is 11.8 Å². The summed E-state index contributed by atoms with van der Waals surface area (Å²) in [4.78, 5) is 38.2. The lowest BCUT2D eigenvalue weighted by atomic mass is 10.1. The van der Waals surface area contributed by atoms with Crippen molar-refractivity contribution in [2.45, 2.75) is 57.7 Å². The predicted molar refractivity (Wildman–Crippen MR) is 114 cm³/mol. The molecule has 164 valence electrons. The fourth-order valence-corrected chi connectivity index (χ4v) is 3.86. The zero-order chi connectivity index (χ0) is 22.4. The van der Waals surface area contributed by atoms with Crippen molar-refractivity contribution in [3.05, 3.63) is 75.6 Å². The molecule has 1 aliphatic rings. The van der Waals surface area contributed by atoms with Crippen LogP contribution in [0.15, 0.2) is 48.5 Å². The summed E-state index contributed by atoms with van der Waals surface area (Å²) >= 11 is 0. The van der Waals surface area contributed by atoms with Gasteiger partial charge in [0.05, 0.1) is 11.3 Å². The number of nitro benzene ring substituents is 1. The van der Waals surface area contributed by atoms with E-state index in [0.29, 0.717) is 5.56 Å². The maximum atomic E-state index is 13.3. The molecule has 1 fully saturated rings. The maximum Gasteiger partial charge on any atom is 0.273 e. The molecular formula is C23H26FN3O4. The Hall–Kier alpha value is -3.29. The Kier molecular flexibility index (Phi) is 7.33. The molecule has 7 nitrogen and oxygen atoms in total.